The van der Waals surface area contributed by atoms with Gasteiger partial charge in [-0.05, 0) is 13.3 Å². The van der Waals surface area contributed by atoms with E-state index in [1.165, 1.54) is 12.8 Å². The van der Waals surface area contributed by atoms with E-state index < -0.39 is 0 Å². The second-order valence-electron chi connectivity index (χ2n) is 4.75. The number of morpholine rings is 1. The van der Waals surface area contributed by atoms with Crippen LogP contribution in [0.3, 0.4) is 0 Å². The van der Waals surface area contributed by atoms with Gasteiger partial charge in [-0.2, -0.15) is 0 Å². The topological polar surface area (TPSA) is 24.5 Å². The van der Waals surface area contributed by atoms with Crippen LogP contribution >= 0.6 is 0 Å². The molecule has 2 saturated heterocycles. The summed E-state index contributed by atoms with van der Waals surface area (Å²) in [5.74, 6) is 0. The molecule has 0 aromatic rings. The molecule has 1 spiro atoms. The van der Waals surface area contributed by atoms with Gasteiger partial charge < -0.3 is 10.1 Å². The van der Waals surface area contributed by atoms with Gasteiger partial charge in [-0.15, -0.1) is 0 Å². The lowest BCUT2D eigenvalue weighted by molar-refractivity contribution is -0.166. The molecule has 1 N–H and O–H groups in total. The van der Waals surface area contributed by atoms with Gasteiger partial charge in [0.1, 0.15) is 5.60 Å². The number of nitrogens with zero attached hydrogens (tertiary/aromatic N) is 1. The van der Waals surface area contributed by atoms with Crippen LogP contribution in [0.25, 0.3) is 0 Å². The first kappa shape index (κ1) is 10.4. The van der Waals surface area contributed by atoms with Gasteiger partial charge in [0, 0.05) is 32.2 Å². The van der Waals surface area contributed by atoms with E-state index in [2.05, 4.69) is 24.1 Å². The highest BCUT2D eigenvalue weighted by Gasteiger charge is 2.46. The maximum absolute atomic E-state index is 5.86. The Balaban J connectivity index is 1.77. The summed E-state index contributed by atoms with van der Waals surface area (Å²) in [6.07, 6.45) is 2.59. The van der Waals surface area contributed by atoms with Crippen LogP contribution in [0, 0.1) is 0 Å². The zero-order chi connectivity index (χ0) is 10.0. The Morgan fingerprint density at radius 3 is 2.86 bits per heavy atom. The monoisotopic (exact) mass is 198 g/mol. The average Bonchev–Trinajstić information content (AvgIpc) is 2.16. The standard InChI is InChI=1S/C11H22N2O/c1-3-4-10(2)13-8-11(9-13)7-12-5-6-14-11/h10,12H,3-9H2,1-2H3. The molecular weight excluding hydrogens is 176 g/mol. The molecule has 2 heterocycles. The number of nitrogens with one attached hydrogen (secondary N) is 1. The van der Waals surface area contributed by atoms with E-state index in [9.17, 15) is 0 Å². The number of rotatable bonds is 3. The summed E-state index contributed by atoms with van der Waals surface area (Å²) in [6, 6.07) is 0.733. The van der Waals surface area contributed by atoms with Crippen LogP contribution in [0.15, 0.2) is 0 Å². The lowest BCUT2D eigenvalue weighted by Crippen LogP contribution is -2.71. The van der Waals surface area contributed by atoms with Crippen molar-refractivity contribution in [3.05, 3.63) is 0 Å². The van der Waals surface area contributed by atoms with Crippen molar-refractivity contribution < 1.29 is 4.74 Å². The van der Waals surface area contributed by atoms with Crippen molar-refractivity contribution in [2.75, 3.05) is 32.8 Å². The first-order valence-corrected chi connectivity index (χ1v) is 5.84. The minimum Gasteiger partial charge on any atom is -0.370 e. The van der Waals surface area contributed by atoms with Crippen LogP contribution in [-0.2, 0) is 4.74 Å². The molecule has 2 rings (SSSR count). The van der Waals surface area contributed by atoms with E-state index in [1.807, 2.05) is 0 Å². The van der Waals surface area contributed by atoms with Gasteiger partial charge in [-0.25, -0.2) is 0 Å². The number of ether oxygens (including phenoxy) is 1. The highest BCUT2D eigenvalue weighted by molar-refractivity contribution is 5.01. The molecule has 0 aromatic carbocycles. The van der Waals surface area contributed by atoms with Crippen molar-refractivity contribution in [2.45, 2.75) is 38.3 Å². The summed E-state index contributed by atoms with van der Waals surface area (Å²) in [6.45, 7) is 9.78. The Hall–Kier alpha value is -0.120. The van der Waals surface area contributed by atoms with Crippen LogP contribution in [0.5, 0.6) is 0 Å². The Morgan fingerprint density at radius 2 is 2.29 bits per heavy atom. The zero-order valence-electron chi connectivity index (χ0n) is 9.38. The molecule has 3 nitrogen and oxygen atoms in total. The second-order valence-corrected chi connectivity index (χ2v) is 4.75. The molecular formula is C11H22N2O. The molecule has 0 aromatic heterocycles. The molecule has 2 aliphatic rings. The normalized spacial score (nSPS) is 28.7. The molecule has 1 atom stereocenters. The van der Waals surface area contributed by atoms with E-state index in [-0.39, 0.29) is 5.60 Å². The van der Waals surface area contributed by atoms with Gasteiger partial charge >= 0.3 is 0 Å². The summed E-state index contributed by atoms with van der Waals surface area (Å²) < 4.78 is 5.86. The highest BCUT2D eigenvalue weighted by Crippen LogP contribution is 2.29. The fourth-order valence-electron chi connectivity index (χ4n) is 2.52. The minimum atomic E-state index is 0.167. The molecule has 14 heavy (non-hydrogen) atoms. The first-order chi connectivity index (χ1) is 6.76. The molecule has 82 valence electrons. The Kier molecular flexibility index (Phi) is 3.10. The number of hydrogen-bond donors (Lipinski definition) is 1. The molecule has 2 aliphatic heterocycles. The van der Waals surface area contributed by atoms with E-state index in [1.54, 1.807) is 0 Å². The van der Waals surface area contributed by atoms with Gasteiger partial charge in [0.2, 0.25) is 0 Å². The Labute approximate surface area is 86.8 Å². The number of likely N-dealkylation sites (tertiary alicyclic amines) is 1. The van der Waals surface area contributed by atoms with Crippen molar-refractivity contribution in [1.29, 1.82) is 0 Å². The maximum Gasteiger partial charge on any atom is 0.106 e. The van der Waals surface area contributed by atoms with Gasteiger partial charge in [-0.1, -0.05) is 13.3 Å². The summed E-state index contributed by atoms with van der Waals surface area (Å²) in [5, 5.41) is 3.42. The van der Waals surface area contributed by atoms with E-state index in [4.69, 9.17) is 4.74 Å². The van der Waals surface area contributed by atoms with Crippen LogP contribution < -0.4 is 5.32 Å². The van der Waals surface area contributed by atoms with Crippen LogP contribution in [0.1, 0.15) is 26.7 Å². The van der Waals surface area contributed by atoms with E-state index in [0.717, 1.165) is 38.8 Å². The Morgan fingerprint density at radius 1 is 1.50 bits per heavy atom. The van der Waals surface area contributed by atoms with Crippen LogP contribution in [-0.4, -0.2) is 49.3 Å². The van der Waals surface area contributed by atoms with Gasteiger partial charge in [0.05, 0.1) is 6.61 Å². The average molecular weight is 198 g/mol. The van der Waals surface area contributed by atoms with Gasteiger partial charge in [0.25, 0.3) is 0 Å². The van der Waals surface area contributed by atoms with Crippen molar-refractivity contribution in [2.24, 2.45) is 0 Å². The summed E-state index contributed by atoms with van der Waals surface area (Å²) in [5.41, 5.74) is 0.167. The van der Waals surface area contributed by atoms with E-state index >= 15 is 0 Å². The summed E-state index contributed by atoms with van der Waals surface area (Å²) in [7, 11) is 0. The molecule has 0 bridgehead atoms. The van der Waals surface area contributed by atoms with Crippen molar-refractivity contribution >= 4 is 0 Å². The molecule has 0 radical (unpaired) electrons. The van der Waals surface area contributed by atoms with Crippen LogP contribution in [0.4, 0.5) is 0 Å². The maximum atomic E-state index is 5.86. The predicted molar refractivity (Wildman–Crippen MR) is 57.5 cm³/mol. The first-order valence-electron chi connectivity index (χ1n) is 5.84. The summed E-state index contributed by atoms with van der Waals surface area (Å²) in [4.78, 5) is 2.54. The summed E-state index contributed by atoms with van der Waals surface area (Å²) >= 11 is 0. The third kappa shape index (κ3) is 1.95. The van der Waals surface area contributed by atoms with Crippen molar-refractivity contribution in [1.82, 2.24) is 10.2 Å². The third-order valence-corrected chi connectivity index (χ3v) is 3.45. The fourth-order valence-corrected chi connectivity index (χ4v) is 2.52. The Bertz CT molecular complexity index is 182. The zero-order valence-corrected chi connectivity index (χ0v) is 9.38. The van der Waals surface area contributed by atoms with Gasteiger partial charge in [0.15, 0.2) is 0 Å². The fraction of sp³-hybridized carbons (Fsp3) is 1.00. The second kappa shape index (κ2) is 4.17. The molecule has 1 unspecified atom stereocenters. The minimum absolute atomic E-state index is 0.167. The lowest BCUT2D eigenvalue weighted by Gasteiger charge is -2.54. The third-order valence-electron chi connectivity index (χ3n) is 3.45. The molecule has 0 amide bonds. The van der Waals surface area contributed by atoms with E-state index in [0.29, 0.717) is 0 Å². The molecule has 0 saturated carbocycles. The predicted octanol–water partition coefficient (Wildman–Crippen LogP) is 0.849. The number of hydrogen-bond acceptors (Lipinski definition) is 3. The SMILES string of the molecule is CCCC(C)N1CC2(CNCCO2)C1. The largest absolute Gasteiger partial charge is 0.370 e. The highest BCUT2D eigenvalue weighted by atomic mass is 16.5. The van der Waals surface area contributed by atoms with Gasteiger partial charge in [-0.3, -0.25) is 4.90 Å². The molecule has 3 heteroatoms. The van der Waals surface area contributed by atoms with Crippen LogP contribution in [0.2, 0.25) is 0 Å². The van der Waals surface area contributed by atoms with Crippen molar-refractivity contribution in [3.63, 3.8) is 0 Å². The quantitative estimate of drug-likeness (QED) is 0.727. The molecule has 0 aliphatic carbocycles. The lowest BCUT2D eigenvalue weighted by atomic mass is 9.90. The smallest absolute Gasteiger partial charge is 0.106 e. The van der Waals surface area contributed by atoms with Crippen molar-refractivity contribution in [3.8, 4) is 0 Å². The molecule has 2 fully saturated rings.